The van der Waals surface area contributed by atoms with Crippen LogP contribution in [0.1, 0.15) is 32.1 Å². The number of hydrogen-bond donors (Lipinski definition) is 0. The number of ether oxygens (including phenoxy) is 1. The normalized spacial score (nSPS) is 19.2. The molecule has 0 unspecified atom stereocenters. The number of likely N-dealkylation sites (tertiary alicyclic amines) is 2. The van der Waals surface area contributed by atoms with Crippen molar-refractivity contribution in [1.82, 2.24) is 9.80 Å². The van der Waals surface area contributed by atoms with Crippen LogP contribution in [0, 0.1) is 5.92 Å². The van der Waals surface area contributed by atoms with Crippen LogP contribution in [0.3, 0.4) is 0 Å². The molecule has 1 aromatic carbocycles. The minimum atomic E-state index is 0.0374. The van der Waals surface area contributed by atoms with Gasteiger partial charge < -0.3 is 14.5 Å². The van der Waals surface area contributed by atoms with E-state index in [1.165, 1.54) is 0 Å². The van der Waals surface area contributed by atoms with E-state index in [0.717, 1.165) is 56.3 Å². The molecule has 5 nitrogen and oxygen atoms in total. The second-order valence-electron chi connectivity index (χ2n) is 6.86. The van der Waals surface area contributed by atoms with E-state index >= 15 is 0 Å². The molecule has 0 aliphatic carbocycles. The van der Waals surface area contributed by atoms with Gasteiger partial charge in [-0.25, -0.2) is 0 Å². The summed E-state index contributed by atoms with van der Waals surface area (Å²) in [6.45, 7) is 3.36. The molecule has 0 saturated carbocycles. The molecule has 1 aromatic rings. The highest BCUT2D eigenvalue weighted by molar-refractivity contribution is 9.10. The Labute approximate surface area is 157 Å². The summed E-state index contributed by atoms with van der Waals surface area (Å²) in [5.41, 5.74) is 0. The molecule has 25 heavy (non-hydrogen) atoms. The summed E-state index contributed by atoms with van der Waals surface area (Å²) < 4.78 is 6.56. The first-order chi connectivity index (χ1) is 12.1. The number of rotatable bonds is 5. The number of hydrogen-bond acceptors (Lipinski definition) is 3. The Hall–Kier alpha value is -1.56. The van der Waals surface area contributed by atoms with Crippen molar-refractivity contribution < 1.29 is 14.3 Å². The summed E-state index contributed by atoms with van der Waals surface area (Å²) in [4.78, 5) is 28.1. The van der Waals surface area contributed by atoms with Crippen LogP contribution in [0.5, 0.6) is 5.75 Å². The summed E-state index contributed by atoms with van der Waals surface area (Å²) in [5.74, 6) is 1.55. The Bertz CT molecular complexity index is 597. The van der Waals surface area contributed by atoms with E-state index in [9.17, 15) is 9.59 Å². The van der Waals surface area contributed by atoms with Crippen LogP contribution in [0.4, 0.5) is 0 Å². The number of carbonyl (C=O) groups is 2. The minimum absolute atomic E-state index is 0.0374. The summed E-state index contributed by atoms with van der Waals surface area (Å²) >= 11 is 3.38. The molecule has 0 aromatic heterocycles. The van der Waals surface area contributed by atoms with Crippen LogP contribution in [0.2, 0.25) is 0 Å². The summed E-state index contributed by atoms with van der Waals surface area (Å²) in [6.07, 6.45) is 4.78. The van der Waals surface area contributed by atoms with Crippen molar-refractivity contribution in [3.05, 3.63) is 28.7 Å². The molecule has 0 atom stereocenters. The lowest BCUT2D eigenvalue weighted by Crippen LogP contribution is -2.45. The van der Waals surface area contributed by atoms with Crippen LogP contribution in [-0.2, 0) is 9.59 Å². The van der Waals surface area contributed by atoms with E-state index in [1.54, 1.807) is 0 Å². The molecule has 2 fully saturated rings. The van der Waals surface area contributed by atoms with Crippen LogP contribution in [0.25, 0.3) is 0 Å². The molecular formula is C19H25BrN2O3. The van der Waals surface area contributed by atoms with Gasteiger partial charge in [0.2, 0.25) is 5.91 Å². The Morgan fingerprint density at radius 2 is 1.84 bits per heavy atom. The zero-order valence-electron chi connectivity index (χ0n) is 14.5. The maximum atomic E-state index is 12.3. The Balaban J connectivity index is 1.40. The van der Waals surface area contributed by atoms with E-state index in [1.807, 2.05) is 34.1 Å². The maximum Gasteiger partial charge on any atom is 0.260 e. The fourth-order valence-corrected chi connectivity index (χ4v) is 3.76. The fraction of sp³-hybridized carbons (Fsp3) is 0.579. The second kappa shape index (κ2) is 8.70. The number of halogens is 1. The lowest BCUT2D eigenvalue weighted by atomic mass is 9.95. The summed E-state index contributed by atoms with van der Waals surface area (Å²) in [7, 11) is 0. The minimum Gasteiger partial charge on any atom is -0.484 e. The highest BCUT2D eigenvalue weighted by Gasteiger charge is 2.27. The quantitative estimate of drug-likeness (QED) is 0.751. The van der Waals surface area contributed by atoms with E-state index in [2.05, 4.69) is 15.9 Å². The van der Waals surface area contributed by atoms with Gasteiger partial charge in [0, 0.05) is 37.1 Å². The van der Waals surface area contributed by atoms with Gasteiger partial charge in [-0.3, -0.25) is 9.59 Å². The third kappa shape index (κ3) is 5.21. The molecule has 0 spiro atoms. The molecule has 0 radical (unpaired) electrons. The molecule has 2 aliphatic heterocycles. The van der Waals surface area contributed by atoms with Gasteiger partial charge in [0.05, 0.1) is 0 Å². The molecule has 2 saturated heterocycles. The average Bonchev–Trinajstić information content (AvgIpc) is 2.63. The van der Waals surface area contributed by atoms with E-state index in [4.69, 9.17) is 4.74 Å². The van der Waals surface area contributed by atoms with Gasteiger partial charge in [-0.1, -0.05) is 15.9 Å². The highest BCUT2D eigenvalue weighted by atomic mass is 79.9. The van der Waals surface area contributed by atoms with Crippen molar-refractivity contribution in [3.63, 3.8) is 0 Å². The first kappa shape index (κ1) is 18.2. The molecule has 2 amide bonds. The van der Waals surface area contributed by atoms with Gasteiger partial charge in [-0.15, -0.1) is 0 Å². The molecule has 136 valence electrons. The maximum absolute atomic E-state index is 12.3. The van der Waals surface area contributed by atoms with Gasteiger partial charge in [0.25, 0.3) is 5.91 Å². The van der Waals surface area contributed by atoms with E-state index in [0.29, 0.717) is 24.0 Å². The van der Waals surface area contributed by atoms with Gasteiger partial charge in [0.1, 0.15) is 5.75 Å². The number of piperidine rings is 2. The van der Waals surface area contributed by atoms with Crippen molar-refractivity contribution in [1.29, 1.82) is 0 Å². The van der Waals surface area contributed by atoms with Gasteiger partial charge >= 0.3 is 0 Å². The Morgan fingerprint density at radius 1 is 1.12 bits per heavy atom. The number of amides is 2. The van der Waals surface area contributed by atoms with Crippen molar-refractivity contribution in [3.8, 4) is 5.75 Å². The first-order valence-electron chi connectivity index (χ1n) is 9.06. The monoisotopic (exact) mass is 408 g/mol. The molecule has 3 rings (SSSR count). The molecule has 0 N–H and O–H groups in total. The second-order valence-corrected chi connectivity index (χ2v) is 7.78. The molecule has 2 aliphatic rings. The zero-order valence-corrected chi connectivity index (χ0v) is 16.0. The molecular weight excluding hydrogens is 384 g/mol. The number of nitrogens with zero attached hydrogens (tertiary/aromatic N) is 2. The summed E-state index contributed by atoms with van der Waals surface area (Å²) in [5, 5.41) is 0. The third-order valence-electron chi connectivity index (χ3n) is 5.04. The van der Waals surface area contributed by atoms with E-state index in [-0.39, 0.29) is 12.5 Å². The topological polar surface area (TPSA) is 49.9 Å². The molecule has 6 heteroatoms. The molecule has 0 bridgehead atoms. The van der Waals surface area contributed by atoms with Crippen molar-refractivity contribution in [2.75, 3.05) is 32.8 Å². The lowest BCUT2D eigenvalue weighted by Gasteiger charge is -2.36. The average molecular weight is 409 g/mol. The zero-order chi connectivity index (χ0) is 17.6. The van der Waals surface area contributed by atoms with Crippen LogP contribution in [-0.4, -0.2) is 54.4 Å². The van der Waals surface area contributed by atoms with Crippen molar-refractivity contribution >= 4 is 27.7 Å². The van der Waals surface area contributed by atoms with Crippen LogP contribution >= 0.6 is 15.9 Å². The fourth-order valence-electron chi connectivity index (χ4n) is 3.50. The first-order valence-corrected chi connectivity index (χ1v) is 9.85. The molecule has 2 heterocycles. The third-order valence-corrected chi connectivity index (χ3v) is 5.57. The predicted octanol–water partition coefficient (Wildman–Crippen LogP) is 3.08. The summed E-state index contributed by atoms with van der Waals surface area (Å²) in [6, 6.07) is 7.48. The standard InChI is InChI=1S/C19H25BrN2O3/c20-16-4-6-17(7-5-16)25-14-19(24)21-11-8-15(9-12-21)13-22-10-2-1-3-18(22)23/h4-7,15H,1-3,8-14H2. The Kier molecular flexibility index (Phi) is 6.34. The van der Waals surface area contributed by atoms with Gasteiger partial charge in [-0.05, 0) is 55.9 Å². The highest BCUT2D eigenvalue weighted by Crippen LogP contribution is 2.21. The smallest absolute Gasteiger partial charge is 0.260 e. The largest absolute Gasteiger partial charge is 0.484 e. The van der Waals surface area contributed by atoms with Crippen molar-refractivity contribution in [2.24, 2.45) is 5.92 Å². The van der Waals surface area contributed by atoms with Gasteiger partial charge in [-0.2, -0.15) is 0 Å². The van der Waals surface area contributed by atoms with Crippen LogP contribution in [0.15, 0.2) is 28.7 Å². The van der Waals surface area contributed by atoms with Gasteiger partial charge in [0.15, 0.2) is 6.61 Å². The van der Waals surface area contributed by atoms with Crippen molar-refractivity contribution in [2.45, 2.75) is 32.1 Å². The number of benzene rings is 1. The van der Waals surface area contributed by atoms with Crippen LogP contribution < -0.4 is 4.74 Å². The Morgan fingerprint density at radius 3 is 2.52 bits per heavy atom. The van der Waals surface area contributed by atoms with E-state index < -0.39 is 0 Å². The SMILES string of the molecule is O=C(COc1ccc(Br)cc1)N1CCC(CN2CCCCC2=O)CC1. The lowest BCUT2D eigenvalue weighted by molar-refractivity contribution is -0.137. The number of carbonyl (C=O) groups excluding carboxylic acids is 2. The predicted molar refractivity (Wildman–Crippen MR) is 99.4 cm³/mol.